The van der Waals surface area contributed by atoms with Gasteiger partial charge in [-0.25, -0.2) is 0 Å². The highest BCUT2D eigenvalue weighted by Gasteiger charge is 2.24. The third-order valence-electron chi connectivity index (χ3n) is 8.80. The fourth-order valence-electron chi connectivity index (χ4n) is 6.43. The van der Waals surface area contributed by atoms with E-state index in [0.717, 1.165) is 32.1 Å². The van der Waals surface area contributed by atoms with Crippen LogP contribution < -0.4 is 0 Å². The summed E-state index contributed by atoms with van der Waals surface area (Å²) in [7, 11) is 0. The minimum atomic E-state index is 1.08. The molecule has 0 amide bonds. The Balaban J connectivity index is 3.01. The normalized spacial score (nSPS) is 11.6. The number of benzene rings is 2. The van der Waals surface area contributed by atoms with Crippen LogP contribution in [0.25, 0.3) is 11.1 Å². The van der Waals surface area contributed by atoms with Crippen molar-refractivity contribution in [3.63, 3.8) is 0 Å². The van der Waals surface area contributed by atoms with Crippen molar-refractivity contribution < 1.29 is 0 Å². The molecule has 0 saturated heterocycles. The molecule has 42 heavy (non-hydrogen) atoms. The Bertz CT molecular complexity index is 1050. The van der Waals surface area contributed by atoms with Crippen molar-refractivity contribution in [3.8, 4) is 11.1 Å². The molecule has 0 fully saturated rings. The van der Waals surface area contributed by atoms with Crippen LogP contribution in [0.3, 0.4) is 0 Å². The summed E-state index contributed by atoms with van der Waals surface area (Å²) in [5.74, 6) is 0. The maximum absolute atomic E-state index is 7.88. The first-order chi connectivity index (χ1) is 20.6. The average Bonchev–Trinajstić information content (AvgIpc) is 3.00. The molecule has 0 atom stereocenters. The quantitative estimate of drug-likeness (QED) is 0.102. The standard InChI is InChI=1S/C40H64N2/c1-7-13-19-21-32-29-33(22-20-14-8-2)31-34(30-32)39-37(25-17-11-5)35(23-15-9-3)36(24-16-10-4)38(26-18-12-6)40(39)42-28-27-41/h27-31,41H,7-26H2,1-6H3. The Kier molecular flexibility index (Phi) is 18.4. The Morgan fingerprint density at radius 3 is 1.38 bits per heavy atom. The molecule has 0 heterocycles. The van der Waals surface area contributed by atoms with Gasteiger partial charge in [-0.3, -0.25) is 4.99 Å². The van der Waals surface area contributed by atoms with Crippen molar-refractivity contribution in [1.82, 2.24) is 0 Å². The molecule has 0 bridgehead atoms. The van der Waals surface area contributed by atoms with Crippen LogP contribution >= 0.6 is 0 Å². The van der Waals surface area contributed by atoms with Crippen molar-refractivity contribution >= 4 is 18.1 Å². The van der Waals surface area contributed by atoms with Gasteiger partial charge >= 0.3 is 0 Å². The molecule has 0 aliphatic rings. The molecular weight excluding hydrogens is 508 g/mol. The maximum Gasteiger partial charge on any atom is 0.0746 e. The highest BCUT2D eigenvalue weighted by atomic mass is 14.7. The van der Waals surface area contributed by atoms with E-state index in [2.05, 4.69) is 59.7 Å². The average molecular weight is 573 g/mol. The fraction of sp³-hybridized carbons (Fsp3) is 0.650. The van der Waals surface area contributed by atoms with Gasteiger partial charge in [-0.15, -0.1) is 0 Å². The fourth-order valence-corrected chi connectivity index (χ4v) is 6.43. The van der Waals surface area contributed by atoms with Crippen molar-refractivity contribution in [3.05, 3.63) is 51.6 Å². The second-order valence-corrected chi connectivity index (χ2v) is 12.4. The molecule has 0 aromatic heterocycles. The zero-order valence-electron chi connectivity index (χ0n) is 28.5. The third kappa shape index (κ3) is 11.1. The molecular formula is C40H64N2. The Labute approximate surface area is 260 Å². The summed E-state index contributed by atoms with van der Waals surface area (Å²) in [6, 6.07) is 7.55. The van der Waals surface area contributed by atoms with Gasteiger partial charge in [-0.2, -0.15) is 0 Å². The zero-order valence-corrected chi connectivity index (χ0v) is 28.5. The van der Waals surface area contributed by atoms with Gasteiger partial charge in [-0.05, 0) is 116 Å². The molecule has 1 N–H and O–H groups in total. The predicted octanol–water partition coefficient (Wildman–Crippen LogP) is 12.5. The van der Waals surface area contributed by atoms with E-state index in [0.29, 0.717) is 0 Å². The number of nitrogens with one attached hydrogen (secondary N) is 1. The summed E-state index contributed by atoms with van der Waals surface area (Å²) < 4.78 is 0. The zero-order chi connectivity index (χ0) is 30.6. The molecule has 2 heteroatoms. The number of nitrogens with zero attached hydrogens (tertiary/aromatic N) is 1. The summed E-state index contributed by atoms with van der Waals surface area (Å²) in [4.78, 5) is 5.15. The summed E-state index contributed by atoms with van der Waals surface area (Å²) in [6.45, 7) is 13.9. The van der Waals surface area contributed by atoms with E-state index in [1.807, 2.05) is 0 Å². The number of unbranched alkanes of at least 4 members (excludes halogenated alkanes) is 8. The van der Waals surface area contributed by atoms with Crippen LogP contribution in [0.4, 0.5) is 5.69 Å². The summed E-state index contributed by atoms with van der Waals surface area (Å²) in [5, 5.41) is 7.88. The smallest absolute Gasteiger partial charge is 0.0746 e. The lowest BCUT2D eigenvalue weighted by Gasteiger charge is -2.27. The SMILES string of the molecule is CCCCCc1cc(CCCCC)cc(-c2c(CCCC)c(CCCC)c(CCCC)c(CCCC)c2N=CC=N)c1. The minimum absolute atomic E-state index is 1.08. The highest BCUT2D eigenvalue weighted by molar-refractivity contribution is 6.15. The molecule has 2 aromatic carbocycles. The van der Waals surface area contributed by atoms with Gasteiger partial charge in [0.25, 0.3) is 0 Å². The highest BCUT2D eigenvalue weighted by Crippen LogP contribution is 2.44. The minimum Gasteiger partial charge on any atom is -0.307 e. The van der Waals surface area contributed by atoms with E-state index in [1.54, 1.807) is 22.9 Å². The van der Waals surface area contributed by atoms with Gasteiger partial charge in [0.05, 0.1) is 5.69 Å². The lowest BCUT2D eigenvalue weighted by molar-refractivity contribution is 0.708. The first kappa shape index (κ1) is 36.0. The molecule has 2 aromatic rings. The Morgan fingerprint density at radius 2 is 0.929 bits per heavy atom. The number of hydrogen-bond acceptors (Lipinski definition) is 2. The van der Waals surface area contributed by atoms with Gasteiger partial charge in [0.1, 0.15) is 0 Å². The first-order valence-corrected chi connectivity index (χ1v) is 17.9. The number of aliphatic imine (C=N–C) groups is 1. The molecule has 0 aliphatic heterocycles. The predicted molar refractivity (Wildman–Crippen MR) is 190 cm³/mol. The molecule has 0 radical (unpaired) electrons. The van der Waals surface area contributed by atoms with Crippen LogP contribution in [0.2, 0.25) is 0 Å². The van der Waals surface area contributed by atoms with E-state index >= 15 is 0 Å². The van der Waals surface area contributed by atoms with E-state index in [-0.39, 0.29) is 0 Å². The Hall–Kier alpha value is -2.22. The van der Waals surface area contributed by atoms with Crippen LogP contribution in [-0.4, -0.2) is 12.4 Å². The maximum atomic E-state index is 7.88. The lowest BCUT2D eigenvalue weighted by Crippen LogP contribution is -2.10. The van der Waals surface area contributed by atoms with Gasteiger partial charge in [0.15, 0.2) is 0 Å². The second-order valence-electron chi connectivity index (χ2n) is 12.4. The van der Waals surface area contributed by atoms with E-state index in [4.69, 9.17) is 10.4 Å². The number of aryl methyl sites for hydroxylation is 2. The number of rotatable bonds is 23. The molecule has 234 valence electrons. The largest absolute Gasteiger partial charge is 0.307 e. The van der Waals surface area contributed by atoms with Crippen molar-refractivity contribution in [2.45, 2.75) is 170 Å². The molecule has 2 rings (SSSR count). The molecule has 0 saturated carbocycles. The van der Waals surface area contributed by atoms with Gasteiger partial charge in [0, 0.05) is 18.0 Å². The topological polar surface area (TPSA) is 36.2 Å². The second kappa shape index (κ2) is 21.5. The van der Waals surface area contributed by atoms with Crippen LogP contribution in [0.15, 0.2) is 23.2 Å². The van der Waals surface area contributed by atoms with Gasteiger partial charge in [0.2, 0.25) is 0 Å². The van der Waals surface area contributed by atoms with Crippen LogP contribution in [0.1, 0.15) is 165 Å². The monoisotopic (exact) mass is 573 g/mol. The van der Waals surface area contributed by atoms with Crippen molar-refractivity contribution in [2.24, 2.45) is 4.99 Å². The van der Waals surface area contributed by atoms with Crippen LogP contribution in [0, 0.1) is 5.41 Å². The van der Waals surface area contributed by atoms with Crippen molar-refractivity contribution in [2.75, 3.05) is 0 Å². The Morgan fingerprint density at radius 1 is 0.500 bits per heavy atom. The van der Waals surface area contributed by atoms with E-state index in [9.17, 15) is 0 Å². The van der Waals surface area contributed by atoms with Crippen molar-refractivity contribution in [1.29, 1.82) is 5.41 Å². The summed E-state index contributed by atoms with van der Waals surface area (Å²) >= 11 is 0. The van der Waals surface area contributed by atoms with Crippen LogP contribution in [-0.2, 0) is 38.5 Å². The summed E-state index contributed by atoms with van der Waals surface area (Å²) in [5.41, 5.74) is 13.3. The third-order valence-corrected chi connectivity index (χ3v) is 8.80. The lowest BCUT2D eigenvalue weighted by atomic mass is 9.79. The molecule has 2 nitrogen and oxygen atoms in total. The number of hydrogen-bond donors (Lipinski definition) is 1. The van der Waals surface area contributed by atoms with Crippen LogP contribution in [0.5, 0.6) is 0 Å². The molecule has 0 aliphatic carbocycles. The van der Waals surface area contributed by atoms with Gasteiger partial charge < -0.3 is 5.41 Å². The molecule has 0 spiro atoms. The summed E-state index contributed by atoms with van der Waals surface area (Å²) in [6.07, 6.45) is 27.3. The first-order valence-electron chi connectivity index (χ1n) is 17.9. The molecule has 0 unspecified atom stereocenters. The van der Waals surface area contributed by atoms with Gasteiger partial charge in [-0.1, -0.05) is 111 Å². The van der Waals surface area contributed by atoms with E-state index in [1.165, 1.54) is 136 Å². The van der Waals surface area contributed by atoms with E-state index < -0.39 is 0 Å².